The molecule has 840 valence electrons. The lowest BCUT2D eigenvalue weighted by atomic mass is 9.97. The number of ether oxygens (including phenoxy) is 31. The van der Waals surface area contributed by atoms with E-state index in [9.17, 15) is 35.1 Å². The molecule has 41 nitrogen and oxygen atoms in total. The summed E-state index contributed by atoms with van der Waals surface area (Å²) in [5.41, 5.74) is -3.60. The third-order valence-electron chi connectivity index (χ3n) is 28.8. The first-order valence-corrected chi connectivity index (χ1v) is 54.8. The molecule has 16 heterocycles. The zero-order valence-corrected chi connectivity index (χ0v) is 93.5. The van der Waals surface area contributed by atoms with Crippen molar-refractivity contribution in [2.75, 3.05) is 95.5 Å². The number of hydrogen-bond donors (Lipinski definition) is 6. The minimum atomic E-state index is -2.86. The predicted octanol–water partition coefficient (Wildman–Crippen LogP) is 5.79. The van der Waals surface area contributed by atoms with Crippen LogP contribution in [-0.4, -0.2) is 396 Å². The Morgan fingerprint density at radius 1 is 0.336 bits per heavy atom. The molecule has 16 fully saturated rings. The van der Waals surface area contributed by atoms with Crippen molar-refractivity contribution in [2.45, 2.75) is 417 Å². The Morgan fingerprint density at radius 2 is 0.651 bits per heavy atom. The number of fused-ring (bicyclic) bond motifs is 7. The second kappa shape index (κ2) is 46.2. The lowest BCUT2D eigenvalue weighted by Gasteiger charge is -2.45. The quantitative estimate of drug-likeness (QED) is 0.0338. The molecule has 0 bridgehead atoms. The molecule has 4 aromatic rings. The smallest absolute Gasteiger partial charge is 0.261 e. The SMILES string of the molecule is CC1(C)OCC([C@H]2O[C@@H]3OC(C)(C)O[C@@H]3[C@@H]2O)O1.CO[C@@H]1C(C=O)O[C@@H]2OC(C)(C)O[C@@H]21.CO[C@H]1[C@H]2OC(C)(C)O[C@H]2OC1(CO)CO.CO[C@H]1[C@H]2OC(C)(C)O[C@H]2O[C@@H]1C(O)CO.CO[C@H]1[C@H]2OC(C)(C)O[C@H]2O[C@@H]1C1COC(C)(C)O1.CO[C@H]1[C@H]2OC(C)(C)O[C@H]2O[C@]1(C=O)CO[Si](c1ccccc1)(c1ccccc1)C(C)(C)C.CO[C@H]1[C@H]2OC(C)(C)O[C@H]2O[C@]1(CO)CO[Si](c1ccccc1)(c1ccccc1)C(C)(C)C. The van der Waals surface area contributed by atoms with Crippen LogP contribution in [0.15, 0.2) is 121 Å². The van der Waals surface area contributed by atoms with Crippen molar-refractivity contribution >= 4 is 50.0 Å². The van der Waals surface area contributed by atoms with Crippen LogP contribution in [0.3, 0.4) is 0 Å². The van der Waals surface area contributed by atoms with Crippen LogP contribution < -0.4 is 20.7 Å². The molecule has 0 saturated carbocycles. The maximum atomic E-state index is 12.5. The van der Waals surface area contributed by atoms with Gasteiger partial charge in [-0.25, -0.2) is 0 Å². The maximum Gasteiger partial charge on any atom is 0.261 e. The van der Waals surface area contributed by atoms with Crippen LogP contribution in [0.25, 0.3) is 0 Å². The number of benzene rings is 4. The minimum Gasteiger partial charge on any atom is -0.404 e. The summed E-state index contributed by atoms with van der Waals surface area (Å²) in [5.74, 6) is -6.24. The minimum absolute atomic E-state index is 0.0302. The summed E-state index contributed by atoms with van der Waals surface area (Å²) in [6.07, 6.45) is -12.1. The Bertz CT molecular complexity index is 4850. The van der Waals surface area contributed by atoms with Gasteiger partial charge in [0.2, 0.25) is 0 Å². The number of rotatable bonds is 25. The number of aliphatic hydroxyl groups is 6. The van der Waals surface area contributed by atoms with E-state index in [0.29, 0.717) is 19.5 Å². The Balaban J connectivity index is 0.000000141. The monoisotopic (exact) mass is 2150 g/mol. The Labute approximate surface area is 875 Å². The van der Waals surface area contributed by atoms with Gasteiger partial charge in [0.15, 0.2) is 114 Å². The fourth-order valence-corrected chi connectivity index (χ4v) is 31.7. The highest BCUT2D eigenvalue weighted by Crippen LogP contribution is 2.52. The third-order valence-corrected chi connectivity index (χ3v) is 38.8. The molecular weight excluding hydrogens is 1990 g/mol. The van der Waals surface area contributed by atoms with Crippen molar-refractivity contribution in [1.29, 1.82) is 0 Å². The average Bonchev–Trinajstić information content (AvgIpc) is 1.62. The summed E-state index contributed by atoms with van der Waals surface area (Å²) in [6.45, 7) is 45.8. The van der Waals surface area contributed by atoms with Gasteiger partial charge in [-0.1, -0.05) is 163 Å². The molecule has 6 N–H and O–H groups in total. The average molecular weight is 2150 g/mol. The number of carbonyl (C=O) groups excluding carboxylic acids is 2. The molecule has 30 atom stereocenters. The Kier molecular flexibility index (Phi) is 37.1. The molecule has 0 radical (unpaired) electrons. The molecular formula is C106H162O41Si2. The van der Waals surface area contributed by atoms with Gasteiger partial charge in [-0.2, -0.15) is 0 Å². The standard InChI is InChI=1S/C26H36O6Si.C26H34O6Si.C13H22O6.C12H20O6.2C10H18O6.C9H14O5/c2*1-24(2,3)33(19-13-9-7-10-14-19,20-15-11-8-12-16-20)29-18-26(17-27)22(28-6)21-23(32-26)31-25(4,5)30-21;1-12(2)15-6-7(17-12)8-9(14-5)10-11(16-8)19-13(3,4)18-10;1-11(2)14-5-6(16-11)8-7(13)9-10(15-8)18-12(3,4)17-9;1-9(2)14-6-7(13-3)10(4-11,5-12)16-8(6)15-9;1-10(2)15-8-7(13-3)6(5(12)4-11)14-9(8)16-10;1-9(2)13-7-6(11-3)5(4-10)12-8(7)14-9/h7-16,21-23,27H,17-18H2,1-6H3;7-17,21-23H,18H2,1-6H3;7-11H,6H2,1-5H3;6-10,13H,5H2,1-4H3;6-8,11-12H,4-5H2,1-3H3;5-9,11-12H,4H2,1-3H3;4-8H,1-3H3/t2*21-,22+,23+,26-;7?,8-,9-,10-,11-;6?,7-,8-,9-,10-;6-,7+,8+;5?,6-,7-,8-,9-;5?,6-,7-,8-/m1111111/s1. The van der Waals surface area contributed by atoms with Gasteiger partial charge < -0.3 is 191 Å². The summed E-state index contributed by atoms with van der Waals surface area (Å²) >= 11 is 0. The number of aliphatic hydroxyl groups excluding tert-OH is 6. The van der Waals surface area contributed by atoms with Gasteiger partial charge in [-0.3, -0.25) is 4.79 Å². The summed E-state index contributed by atoms with van der Waals surface area (Å²) in [5, 5.41) is 62.1. The van der Waals surface area contributed by atoms with Crippen LogP contribution in [-0.2, 0) is 165 Å². The highest BCUT2D eigenvalue weighted by molar-refractivity contribution is 7.00. The predicted molar refractivity (Wildman–Crippen MR) is 532 cm³/mol. The first-order chi connectivity index (χ1) is 69.8. The van der Waals surface area contributed by atoms with E-state index in [2.05, 4.69) is 114 Å². The van der Waals surface area contributed by atoms with E-state index in [-0.39, 0.29) is 98.5 Å². The Morgan fingerprint density at radius 3 is 1.00 bits per heavy atom. The van der Waals surface area contributed by atoms with Crippen molar-refractivity contribution in [3.05, 3.63) is 121 Å². The highest BCUT2D eigenvalue weighted by Gasteiger charge is 2.70. The molecule has 149 heavy (non-hydrogen) atoms. The molecule has 0 amide bonds. The van der Waals surface area contributed by atoms with Crippen molar-refractivity contribution in [1.82, 2.24) is 0 Å². The summed E-state index contributed by atoms with van der Waals surface area (Å²) in [7, 11) is 3.68. The molecule has 20 rings (SSSR count). The van der Waals surface area contributed by atoms with Crippen molar-refractivity contribution in [3.8, 4) is 0 Å². The van der Waals surface area contributed by atoms with Crippen LogP contribution in [0, 0.1) is 0 Å². The van der Waals surface area contributed by atoms with E-state index in [1.54, 1.807) is 76.7 Å². The van der Waals surface area contributed by atoms with E-state index in [4.69, 9.17) is 161 Å². The molecule has 4 aromatic carbocycles. The first kappa shape index (κ1) is 120. The fourth-order valence-electron chi connectivity index (χ4n) is 22.5. The van der Waals surface area contributed by atoms with Crippen LogP contribution in [0.4, 0.5) is 0 Å². The molecule has 16 saturated heterocycles. The summed E-state index contributed by atoms with van der Waals surface area (Å²) < 4.78 is 190. The molecule has 0 aromatic heterocycles. The van der Waals surface area contributed by atoms with Crippen molar-refractivity contribution < 1.29 is 196 Å². The van der Waals surface area contributed by atoms with E-state index >= 15 is 0 Å². The zero-order chi connectivity index (χ0) is 109. The van der Waals surface area contributed by atoms with Gasteiger partial charge in [0.1, 0.15) is 139 Å². The van der Waals surface area contributed by atoms with Crippen molar-refractivity contribution in [3.63, 3.8) is 0 Å². The lowest BCUT2D eigenvalue weighted by molar-refractivity contribution is -0.255. The molecule has 4 unspecified atom stereocenters. The first-order valence-electron chi connectivity index (χ1n) is 51.0. The topological polar surface area (TPSA) is 460 Å². The number of aldehydes is 2. The van der Waals surface area contributed by atoms with E-state index in [0.717, 1.165) is 27.0 Å². The summed E-state index contributed by atoms with van der Waals surface area (Å²) in [6, 6.07) is 41.4. The summed E-state index contributed by atoms with van der Waals surface area (Å²) in [4.78, 5) is 23.2. The second-order valence-electron chi connectivity index (χ2n) is 45.8. The van der Waals surface area contributed by atoms with Crippen molar-refractivity contribution in [2.24, 2.45) is 0 Å². The van der Waals surface area contributed by atoms with Gasteiger partial charge in [-0.05, 0) is 155 Å². The normalized spacial score (nSPS) is 38.1. The van der Waals surface area contributed by atoms with E-state index in [1.165, 1.54) is 21.3 Å². The van der Waals surface area contributed by atoms with Gasteiger partial charge in [0.25, 0.3) is 16.6 Å². The van der Waals surface area contributed by atoms with Crippen LogP contribution in [0.2, 0.25) is 10.1 Å². The molecule has 0 spiro atoms. The van der Waals surface area contributed by atoms with E-state index in [1.807, 2.05) is 118 Å². The molecule has 0 aliphatic carbocycles. The molecule has 43 heteroatoms. The van der Waals surface area contributed by atoms with Gasteiger partial charge in [0.05, 0.1) is 52.9 Å². The maximum absolute atomic E-state index is 12.5. The van der Waals surface area contributed by atoms with E-state index < -0.39 is 209 Å². The zero-order valence-electron chi connectivity index (χ0n) is 91.5. The highest BCUT2D eigenvalue weighted by atomic mass is 28.4. The second-order valence-corrected chi connectivity index (χ2v) is 54.4. The van der Waals surface area contributed by atoms with Crippen LogP contribution >= 0.6 is 0 Å². The van der Waals surface area contributed by atoms with Gasteiger partial charge in [0, 0.05) is 42.7 Å². The van der Waals surface area contributed by atoms with Gasteiger partial charge >= 0.3 is 0 Å². The fraction of sp³-hybridized carbons (Fsp3) is 0.755. The molecule has 16 aliphatic heterocycles. The third kappa shape index (κ3) is 25.2. The van der Waals surface area contributed by atoms with Crippen LogP contribution in [0.5, 0.6) is 0 Å². The van der Waals surface area contributed by atoms with Gasteiger partial charge in [-0.15, -0.1) is 0 Å². The number of carbonyl (C=O) groups is 2. The largest absolute Gasteiger partial charge is 0.404 e. The van der Waals surface area contributed by atoms with Crippen LogP contribution in [0.1, 0.15) is 166 Å². The molecule has 16 aliphatic rings. The Hall–Kier alpha value is -4.91. The number of methoxy groups -OCH3 is 6. The number of hydrogen-bond acceptors (Lipinski definition) is 41. The lowest BCUT2D eigenvalue weighted by Crippen LogP contribution is -2.68.